The molecule has 1 saturated carbocycles. The average Bonchev–Trinajstić information content (AvgIpc) is 2.87. The molecule has 1 heteroatoms. The summed E-state index contributed by atoms with van der Waals surface area (Å²) < 4.78 is 0. The van der Waals surface area contributed by atoms with Crippen LogP contribution < -0.4 is 5.73 Å². The Bertz CT molecular complexity index is 274. The number of nitrogens with two attached hydrogens (primary N) is 1. The molecular weight excluding hydrogens is 158 g/mol. The van der Waals surface area contributed by atoms with Crippen molar-refractivity contribution in [3.8, 4) is 0 Å². The van der Waals surface area contributed by atoms with Crippen molar-refractivity contribution in [2.75, 3.05) is 0 Å². The number of rotatable bonds is 3. The van der Waals surface area contributed by atoms with Gasteiger partial charge in [-0.25, -0.2) is 0 Å². The van der Waals surface area contributed by atoms with E-state index in [4.69, 9.17) is 5.73 Å². The van der Waals surface area contributed by atoms with Crippen LogP contribution in [0.2, 0.25) is 0 Å². The first-order valence-corrected chi connectivity index (χ1v) is 5.00. The van der Waals surface area contributed by atoms with E-state index < -0.39 is 0 Å². The van der Waals surface area contributed by atoms with Gasteiger partial charge in [0.25, 0.3) is 0 Å². The van der Waals surface area contributed by atoms with Gasteiger partial charge < -0.3 is 5.73 Å². The Morgan fingerprint density at radius 3 is 2.46 bits per heavy atom. The number of benzene rings is 1. The topological polar surface area (TPSA) is 26.0 Å². The maximum Gasteiger partial charge on any atom is 0.0133 e. The molecule has 1 aromatic carbocycles. The molecule has 0 spiro atoms. The van der Waals surface area contributed by atoms with Gasteiger partial charge in [0.2, 0.25) is 0 Å². The smallest absolute Gasteiger partial charge is 0.0133 e. The van der Waals surface area contributed by atoms with Gasteiger partial charge in [0.1, 0.15) is 0 Å². The lowest BCUT2D eigenvalue weighted by Gasteiger charge is -2.18. The molecular formula is C12H17N. The van der Waals surface area contributed by atoms with Gasteiger partial charge in [-0.1, -0.05) is 37.3 Å². The van der Waals surface area contributed by atoms with E-state index in [1.165, 1.54) is 18.4 Å². The summed E-state index contributed by atoms with van der Waals surface area (Å²) in [6.45, 7) is 2.29. The predicted octanol–water partition coefficient (Wildman–Crippen LogP) is 2.36. The van der Waals surface area contributed by atoms with Crippen LogP contribution in [0.5, 0.6) is 0 Å². The molecule has 13 heavy (non-hydrogen) atoms. The summed E-state index contributed by atoms with van der Waals surface area (Å²) in [5, 5.41) is 0. The van der Waals surface area contributed by atoms with Crippen molar-refractivity contribution in [2.24, 2.45) is 11.1 Å². The maximum absolute atomic E-state index is 6.15. The van der Waals surface area contributed by atoms with E-state index in [1.54, 1.807) is 0 Å². The van der Waals surface area contributed by atoms with Crippen LogP contribution in [-0.4, -0.2) is 6.04 Å². The van der Waals surface area contributed by atoms with Crippen LogP contribution in [0.1, 0.15) is 25.3 Å². The van der Waals surface area contributed by atoms with Gasteiger partial charge in [-0.15, -0.1) is 0 Å². The van der Waals surface area contributed by atoms with Crippen LogP contribution in [0.3, 0.4) is 0 Å². The second kappa shape index (κ2) is 3.15. The SMILES string of the molecule is CC1(C(N)Cc2ccccc2)CC1. The van der Waals surface area contributed by atoms with E-state index in [9.17, 15) is 0 Å². The third-order valence-electron chi connectivity index (χ3n) is 3.23. The molecule has 0 saturated heterocycles. The van der Waals surface area contributed by atoms with Gasteiger partial charge in [-0.2, -0.15) is 0 Å². The van der Waals surface area contributed by atoms with Crippen LogP contribution in [0.25, 0.3) is 0 Å². The average molecular weight is 175 g/mol. The molecule has 1 aliphatic rings. The van der Waals surface area contributed by atoms with Crippen molar-refractivity contribution in [1.82, 2.24) is 0 Å². The second-order valence-electron chi connectivity index (χ2n) is 4.45. The fourth-order valence-electron chi connectivity index (χ4n) is 1.68. The Labute approximate surface area is 80.0 Å². The van der Waals surface area contributed by atoms with E-state index in [-0.39, 0.29) is 0 Å². The van der Waals surface area contributed by atoms with E-state index in [0.717, 1.165) is 6.42 Å². The highest BCUT2D eigenvalue weighted by atomic mass is 14.7. The van der Waals surface area contributed by atoms with Crippen molar-refractivity contribution in [3.05, 3.63) is 35.9 Å². The van der Waals surface area contributed by atoms with Gasteiger partial charge in [0, 0.05) is 6.04 Å². The van der Waals surface area contributed by atoms with Crippen LogP contribution in [0.4, 0.5) is 0 Å². The number of hydrogen-bond donors (Lipinski definition) is 1. The zero-order chi connectivity index (χ0) is 9.31. The van der Waals surface area contributed by atoms with E-state index in [0.29, 0.717) is 11.5 Å². The van der Waals surface area contributed by atoms with Crippen LogP contribution in [0.15, 0.2) is 30.3 Å². The minimum atomic E-state index is 0.342. The molecule has 0 heterocycles. The molecule has 1 unspecified atom stereocenters. The van der Waals surface area contributed by atoms with Gasteiger partial charge in [-0.3, -0.25) is 0 Å². The summed E-state index contributed by atoms with van der Waals surface area (Å²) in [6.07, 6.45) is 3.64. The van der Waals surface area contributed by atoms with Crippen molar-refractivity contribution in [1.29, 1.82) is 0 Å². The highest BCUT2D eigenvalue weighted by molar-refractivity contribution is 5.17. The highest BCUT2D eigenvalue weighted by Crippen LogP contribution is 2.47. The third kappa shape index (κ3) is 1.92. The minimum Gasteiger partial charge on any atom is -0.327 e. The first-order valence-electron chi connectivity index (χ1n) is 5.00. The lowest BCUT2D eigenvalue weighted by Crippen LogP contribution is -2.31. The molecule has 1 nitrogen and oxygen atoms in total. The lowest BCUT2D eigenvalue weighted by atomic mass is 9.93. The number of hydrogen-bond acceptors (Lipinski definition) is 1. The summed E-state index contributed by atoms with van der Waals surface area (Å²) in [7, 11) is 0. The summed E-state index contributed by atoms with van der Waals surface area (Å²) in [6, 6.07) is 10.9. The summed E-state index contributed by atoms with van der Waals surface area (Å²) in [5.74, 6) is 0. The molecule has 2 N–H and O–H groups in total. The van der Waals surface area contributed by atoms with E-state index >= 15 is 0 Å². The van der Waals surface area contributed by atoms with Crippen molar-refractivity contribution in [3.63, 3.8) is 0 Å². The van der Waals surface area contributed by atoms with Gasteiger partial charge in [0.05, 0.1) is 0 Å². The Hall–Kier alpha value is -0.820. The fourth-order valence-corrected chi connectivity index (χ4v) is 1.68. The van der Waals surface area contributed by atoms with Gasteiger partial charge in [0.15, 0.2) is 0 Å². The Morgan fingerprint density at radius 1 is 1.31 bits per heavy atom. The molecule has 0 aliphatic heterocycles. The summed E-state index contributed by atoms with van der Waals surface area (Å²) in [4.78, 5) is 0. The quantitative estimate of drug-likeness (QED) is 0.749. The summed E-state index contributed by atoms with van der Waals surface area (Å²) >= 11 is 0. The second-order valence-corrected chi connectivity index (χ2v) is 4.45. The normalized spacial score (nSPS) is 21.1. The van der Waals surface area contributed by atoms with E-state index in [2.05, 4.69) is 31.2 Å². The highest BCUT2D eigenvalue weighted by Gasteiger charge is 2.42. The largest absolute Gasteiger partial charge is 0.327 e. The Morgan fingerprint density at radius 2 is 1.92 bits per heavy atom. The van der Waals surface area contributed by atoms with Crippen LogP contribution in [-0.2, 0) is 6.42 Å². The first-order chi connectivity index (χ1) is 6.21. The Balaban J connectivity index is 1.98. The van der Waals surface area contributed by atoms with Crippen LogP contribution >= 0.6 is 0 Å². The van der Waals surface area contributed by atoms with Crippen molar-refractivity contribution >= 4 is 0 Å². The minimum absolute atomic E-state index is 0.342. The molecule has 1 aliphatic carbocycles. The van der Waals surface area contributed by atoms with E-state index in [1.807, 2.05) is 6.07 Å². The molecule has 2 rings (SSSR count). The van der Waals surface area contributed by atoms with Crippen molar-refractivity contribution < 1.29 is 0 Å². The predicted molar refractivity (Wildman–Crippen MR) is 55.5 cm³/mol. The van der Waals surface area contributed by atoms with Crippen LogP contribution in [0, 0.1) is 5.41 Å². The molecule has 1 fully saturated rings. The first kappa shape index (κ1) is 8.76. The zero-order valence-electron chi connectivity index (χ0n) is 8.16. The molecule has 0 amide bonds. The van der Waals surface area contributed by atoms with Gasteiger partial charge >= 0.3 is 0 Å². The standard InChI is InChI=1S/C12H17N/c1-12(7-8-12)11(13)9-10-5-3-2-4-6-10/h2-6,11H,7-9,13H2,1H3. The monoisotopic (exact) mass is 175 g/mol. The molecule has 0 bridgehead atoms. The summed E-state index contributed by atoms with van der Waals surface area (Å²) in [5.41, 5.74) is 7.95. The molecule has 0 radical (unpaired) electrons. The molecule has 0 aromatic heterocycles. The fraction of sp³-hybridized carbons (Fsp3) is 0.500. The Kier molecular flexibility index (Phi) is 2.12. The maximum atomic E-state index is 6.15. The van der Waals surface area contributed by atoms with Gasteiger partial charge in [-0.05, 0) is 30.2 Å². The molecule has 1 atom stereocenters. The zero-order valence-corrected chi connectivity index (χ0v) is 8.16. The molecule has 70 valence electrons. The lowest BCUT2D eigenvalue weighted by molar-refractivity contribution is 0.433. The van der Waals surface area contributed by atoms with Crippen molar-refractivity contribution in [2.45, 2.75) is 32.2 Å². The third-order valence-corrected chi connectivity index (χ3v) is 3.23. The molecule has 1 aromatic rings.